The van der Waals surface area contributed by atoms with Gasteiger partial charge in [-0.3, -0.25) is 10.1 Å². The minimum Gasteiger partial charge on any atom is -0.367 e. The summed E-state index contributed by atoms with van der Waals surface area (Å²) in [6.45, 7) is 0. The Morgan fingerprint density at radius 3 is 2.52 bits per heavy atom. The van der Waals surface area contributed by atoms with E-state index in [2.05, 4.69) is 16.4 Å². The van der Waals surface area contributed by atoms with Gasteiger partial charge in [0.15, 0.2) is 0 Å². The van der Waals surface area contributed by atoms with Gasteiger partial charge in [0.1, 0.15) is 5.82 Å². The number of pyridine rings is 1. The summed E-state index contributed by atoms with van der Waals surface area (Å²) < 4.78 is 0. The summed E-state index contributed by atoms with van der Waals surface area (Å²) in [6.07, 6.45) is 5.05. The van der Waals surface area contributed by atoms with Crippen LogP contribution in [0, 0.1) is 33.3 Å². The number of fused-ring (bicyclic) bond motifs is 1. The van der Waals surface area contributed by atoms with Gasteiger partial charge in [-0.15, -0.1) is 0 Å². The molecule has 6 nitrogen and oxygen atoms in total. The molecular weight excluding hydrogens is 292 g/mol. The normalized spacial score (nSPS) is 17.2. The van der Waals surface area contributed by atoms with Gasteiger partial charge in [-0.2, -0.15) is 5.26 Å². The molecular formula is C17H16N4O2. The van der Waals surface area contributed by atoms with Crippen molar-refractivity contribution in [3.05, 3.63) is 39.9 Å². The molecule has 0 bridgehead atoms. The Kier molecular flexibility index (Phi) is 3.15. The highest BCUT2D eigenvalue weighted by Crippen LogP contribution is 2.45. The molecule has 2 fully saturated rings. The fourth-order valence-electron chi connectivity index (χ4n) is 3.20. The van der Waals surface area contributed by atoms with Crippen molar-refractivity contribution in [3.63, 3.8) is 0 Å². The molecule has 1 heterocycles. The number of hydrogen-bond donors (Lipinski definition) is 1. The van der Waals surface area contributed by atoms with Gasteiger partial charge in [0.25, 0.3) is 5.69 Å². The molecule has 2 saturated carbocycles. The molecule has 116 valence electrons. The van der Waals surface area contributed by atoms with Crippen LogP contribution in [-0.2, 0) is 0 Å². The molecule has 1 aromatic heterocycles. The highest BCUT2D eigenvalue weighted by atomic mass is 16.6. The van der Waals surface area contributed by atoms with E-state index in [0.29, 0.717) is 28.3 Å². The number of rotatable bonds is 5. The fraction of sp³-hybridized carbons (Fsp3) is 0.412. The Labute approximate surface area is 133 Å². The Morgan fingerprint density at radius 1 is 1.26 bits per heavy atom. The smallest absolute Gasteiger partial charge is 0.270 e. The molecule has 6 heteroatoms. The number of nitrogens with zero attached hydrogens (tertiary/aromatic N) is 3. The molecule has 2 aliphatic carbocycles. The second-order valence-electron chi connectivity index (χ2n) is 6.47. The van der Waals surface area contributed by atoms with Gasteiger partial charge in [0, 0.05) is 23.6 Å². The minimum atomic E-state index is -0.455. The van der Waals surface area contributed by atoms with Gasteiger partial charge in [-0.1, -0.05) is 0 Å². The van der Waals surface area contributed by atoms with E-state index in [1.807, 2.05) is 0 Å². The lowest BCUT2D eigenvalue weighted by atomic mass is 10.1. The van der Waals surface area contributed by atoms with Gasteiger partial charge in [0.2, 0.25) is 0 Å². The summed E-state index contributed by atoms with van der Waals surface area (Å²) >= 11 is 0. The van der Waals surface area contributed by atoms with E-state index in [0.717, 1.165) is 11.8 Å². The molecule has 0 radical (unpaired) electrons. The van der Waals surface area contributed by atoms with Crippen LogP contribution in [0.15, 0.2) is 24.3 Å². The lowest BCUT2D eigenvalue weighted by molar-refractivity contribution is -0.384. The van der Waals surface area contributed by atoms with E-state index in [-0.39, 0.29) is 5.69 Å². The molecule has 0 unspecified atom stereocenters. The molecule has 2 aromatic rings. The standard InChI is InChI=1S/C17H16N4O2/c18-9-12-7-16(20-17(10-1-2-10)11-3-4-11)19-15-6-5-13(21(22)23)8-14(12)15/h5-8,10-11,17H,1-4H2,(H,19,20). The molecule has 1 N–H and O–H groups in total. The third kappa shape index (κ3) is 2.70. The van der Waals surface area contributed by atoms with Crippen LogP contribution in [-0.4, -0.2) is 15.9 Å². The van der Waals surface area contributed by atoms with Gasteiger partial charge >= 0.3 is 0 Å². The topological polar surface area (TPSA) is 91.8 Å². The fourth-order valence-corrected chi connectivity index (χ4v) is 3.20. The van der Waals surface area contributed by atoms with Crippen molar-refractivity contribution in [2.45, 2.75) is 31.7 Å². The lowest BCUT2D eigenvalue weighted by Gasteiger charge is -2.18. The maximum absolute atomic E-state index is 10.9. The molecule has 0 aliphatic heterocycles. The van der Waals surface area contributed by atoms with Crippen molar-refractivity contribution in [3.8, 4) is 6.07 Å². The first-order chi connectivity index (χ1) is 11.2. The first-order valence-corrected chi connectivity index (χ1v) is 7.91. The molecule has 23 heavy (non-hydrogen) atoms. The molecule has 2 aliphatic rings. The number of hydrogen-bond acceptors (Lipinski definition) is 5. The molecule has 1 aromatic carbocycles. The van der Waals surface area contributed by atoms with Crippen LogP contribution in [0.4, 0.5) is 11.5 Å². The highest BCUT2D eigenvalue weighted by molar-refractivity contribution is 5.88. The predicted octanol–water partition coefficient (Wildman–Crippen LogP) is 3.62. The van der Waals surface area contributed by atoms with E-state index in [1.54, 1.807) is 12.1 Å². The molecule has 0 saturated heterocycles. The summed E-state index contributed by atoms with van der Waals surface area (Å²) in [5, 5.41) is 24.3. The molecule has 0 amide bonds. The summed E-state index contributed by atoms with van der Waals surface area (Å²) in [6, 6.07) is 8.76. The number of nitro benzene ring substituents is 1. The van der Waals surface area contributed by atoms with Crippen LogP contribution in [0.1, 0.15) is 31.2 Å². The van der Waals surface area contributed by atoms with Crippen LogP contribution in [0.2, 0.25) is 0 Å². The SMILES string of the molecule is N#Cc1cc(NC(C2CC2)C2CC2)nc2ccc([N+](=O)[O-])cc12. The van der Waals surface area contributed by atoms with E-state index < -0.39 is 4.92 Å². The number of nitrogens with one attached hydrogen (secondary N) is 1. The zero-order valence-corrected chi connectivity index (χ0v) is 12.5. The van der Waals surface area contributed by atoms with E-state index >= 15 is 0 Å². The summed E-state index contributed by atoms with van der Waals surface area (Å²) in [7, 11) is 0. The number of aromatic nitrogens is 1. The number of non-ortho nitro benzene ring substituents is 1. The van der Waals surface area contributed by atoms with Crippen LogP contribution >= 0.6 is 0 Å². The Morgan fingerprint density at radius 2 is 1.96 bits per heavy atom. The number of benzene rings is 1. The van der Waals surface area contributed by atoms with Gasteiger partial charge in [-0.05, 0) is 49.7 Å². The maximum Gasteiger partial charge on any atom is 0.270 e. The Hall–Kier alpha value is -2.68. The molecule has 0 spiro atoms. The zero-order chi connectivity index (χ0) is 16.0. The van der Waals surface area contributed by atoms with Crippen molar-refractivity contribution in [1.82, 2.24) is 4.98 Å². The van der Waals surface area contributed by atoms with E-state index in [1.165, 1.54) is 37.8 Å². The maximum atomic E-state index is 10.9. The summed E-state index contributed by atoms with van der Waals surface area (Å²) in [4.78, 5) is 15.0. The van der Waals surface area contributed by atoms with Crippen molar-refractivity contribution in [2.75, 3.05) is 5.32 Å². The molecule has 0 atom stereocenters. The highest BCUT2D eigenvalue weighted by Gasteiger charge is 2.41. The third-order valence-electron chi connectivity index (χ3n) is 4.70. The summed E-state index contributed by atoms with van der Waals surface area (Å²) in [5.41, 5.74) is 1.01. The molecule has 4 rings (SSSR count). The van der Waals surface area contributed by atoms with Gasteiger partial charge < -0.3 is 5.32 Å². The number of anilines is 1. The minimum absolute atomic E-state index is 0.0228. The van der Waals surface area contributed by atoms with Gasteiger partial charge in [-0.25, -0.2) is 4.98 Å². The van der Waals surface area contributed by atoms with Crippen molar-refractivity contribution >= 4 is 22.4 Å². The van der Waals surface area contributed by atoms with Crippen LogP contribution in [0.25, 0.3) is 10.9 Å². The van der Waals surface area contributed by atoms with Gasteiger partial charge in [0.05, 0.1) is 22.1 Å². The number of nitro groups is 1. The lowest BCUT2D eigenvalue weighted by Crippen LogP contribution is -2.24. The number of nitriles is 1. The van der Waals surface area contributed by atoms with E-state index in [4.69, 9.17) is 0 Å². The average Bonchev–Trinajstić information content (AvgIpc) is 3.44. The van der Waals surface area contributed by atoms with Crippen LogP contribution < -0.4 is 5.32 Å². The second kappa shape index (κ2) is 5.20. The van der Waals surface area contributed by atoms with E-state index in [9.17, 15) is 15.4 Å². The average molecular weight is 308 g/mol. The summed E-state index contributed by atoms with van der Waals surface area (Å²) in [5.74, 6) is 2.15. The van der Waals surface area contributed by atoms with Crippen LogP contribution in [0.5, 0.6) is 0 Å². The predicted molar refractivity (Wildman–Crippen MR) is 86.0 cm³/mol. The monoisotopic (exact) mass is 308 g/mol. The zero-order valence-electron chi connectivity index (χ0n) is 12.5. The Bertz CT molecular complexity index is 822. The first-order valence-electron chi connectivity index (χ1n) is 7.91. The second-order valence-corrected chi connectivity index (χ2v) is 6.47. The Balaban J connectivity index is 1.72. The van der Waals surface area contributed by atoms with Crippen molar-refractivity contribution < 1.29 is 4.92 Å². The van der Waals surface area contributed by atoms with Crippen LogP contribution in [0.3, 0.4) is 0 Å². The third-order valence-corrected chi connectivity index (χ3v) is 4.70. The quantitative estimate of drug-likeness (QED) is 0.672. The van der Waals surface area contributed by atoms with Crippen molar-refractivity contribution in [2.24, 2.45) is 11.8 Å². The van der Waals surface area contributed by atoms with Crippen molar-refractivity contribution in [1.29, 1.82) is 5.26 Å². The largest absolute Gasteiger partial charge is 0.367 e. The first kappa shape index (κ1) is 13.9.